The Balaban J connectivity index is 1.67. The molecule has 0 saturated heterocycles. The maximum absolute atomic E-state index is 4.33. The Morgan fingerprint density at radius 2 is 2.28 bits per heavy atom. The summed E-state index contributed by atoms with van der Waals surface area (Å²) in [6, 6.07) is 4.11. The average molecular weight is 244 g/mol. The van der Waals surface area contributed by atoms with Crippen LogP contribution in [-0.2, 0) is 19.6 Å². The molecule has 0 atom stereocenters. The van der Waals surface area contributed by atoms with Crippen molar-refractivity contribution in [3.63, 3.8) is 0 Å². The normalized spacial score (nSPS) is 15.4. The maximum atomic E-state index is 4.33. The fourth-order valence-electron chi connectivity index (χ4n) is 2.18. The predicted octanol–water partition coefficient (Wildman–Crippen LogP) is 0.731. The van der Waals surface area contributed by atoms with E-state index in [-0.39, 0.29) is 0 Å². The Morgan fingerprint density at radius 3 is 3.06 bits per heavy atom. The lowest BCUT2D eigenvalue weighted by Gasteiger charge is -2.26. The zero-order valence-electron chi connectivity index (χ0n) is 10.4. The number of pyridine rings is 1. The van der Waals surface area contributed by atoms with Crippen molar-refractivity contribution >= 4 is 5.82 Å². The van der Waals surface area contributed by atoms with Gasteiger partial charge in [0, 0.05) is 32.9 Å². The predicted molar refractivity (Wildman–Crippen MR) is 67.9 cm³/mol. The molecule has 1 aliphatic heterocycles. The molecular weight excluding hydrogens is 228 g/mol. The van der Waals surface area contributed by atoms with E-state index >= 15 is 0 Å². The zero-order chi connectivity index (χ0) is 12.4. The molecule has 0 aliphatic carbocycles. The highest BCUT2D eigenvalue weighted by molar-refractivity contribution is 5.34. The first-order chi connectivity index (χ1) is 8.85. The average Bonchev–Trinajstić information content (AvgIpc) is 2.87. The summed E-state index contributed by atoms with van der Waals surface area (Å²) in [5.74, 6) is 1.94. The number of hydrogen-bond acceptors (Lipinski definition) is 5. The number of fused-ring (bicyclic) bond motifs is 1. The van der Waals surface area contributed by atoms with Crippen LogP contribution < -0.4 is 5.32 Å². The molecule has 0 aromatic carbocycles. The van der Waals surface area contributed by atoms with Crippen LogP contribution >= 0.6 is 0 Å². The molecule has 6 nitrogen and oxygen atoms in total. The molecule has 0 saturated carbocycles. The molecule has 0 spiro atoms. The van der Waals surface area contributed by atoms with Gasteiger partial charge in [0.1, 0.15) is 18.0 Å². The van der Waals surface area contributed by atoms with Gasteiger partial charge in [0.15, 0.2) is 0 Å². The largest absolute Gasteiger partial charge is 0.373 e. The zero-order valence-corrected chi connectivity index (χ0v) is 10.4. The summed E-state index contributed by atoms with van der Waals surface area (Å²) >= 11 is 0. The summed E-state index contributed by atoms with van der Waals surface area (Å²) in [5, 5.41) is 11.1. The van der Waals surface area contributed by atoms with Gasteiger partial charge < -0.3 is 9.88 Å². The maximum Gasteiger partial charge on any atom is 0.147 e. The lowest BCUT2D eigenvalue weighted by Crippen LogP contribution is -2.33. The van der Waals surface area contributed by atoms with Gasteiger partial charge in [-0.1, -0.05) is 6.07 Å². The van der Waals surface area contributed by atoms with Gasteiger partial charge in [-0.3, -0.25) is 4.90 Å². The fraction of sp³-hybridized carbons (Fsp3) is 0.417. The van der Waals surface area contributed by atoms with Crippen LogP contribution in [0.4, 0.5) is 5.82 Å². The van der Waals surface area contributed by atoms with Crippen LogP contribution in [0.5, 0.6) is 0 Å². The van der Waals surface area contributed by atoms with E-state index in [4.69, 9.17) is 0 Å². The van der Waals surface area contributed by atoms with Crippen LogP contribution in [0.15, 0.2) is 24.7 Å². The minimum absolute atomic E-state index is 0.855. The Hall–Kier alpha value is -1.95. The quantitative estimate of drug-likeness (QED) is 0.862. The Kier molecular flexibility index (Phi) is 2.93. The summed E-state index contributed by atoms with van der Waals surface area (Å²) < 4.78 is 2.11. The summed E-state index contributed by atoms with van der Waals surface area (Å²) in [6.07, 6.45) is 3.72. The number of nitrogens with zero attached hydrogens (tertiary/aromatic N) is 5. The van der Waals surface area contributed by atoms with Crippen molar-refractivity contribution in [2.45, 2.75) is 19.6 Å². The molecule has 1 N–H and O–H groups in total. The summed E-state index contributed by atoms with van der Waals surface area (Å²) in [4.78, 5) is 6.69. The molecule has 1 aliphatic rings. The van der Waals surface area contributed by atoms with Gasteiger partial charge >= 0.3 is 0 Å². The smallest absolute Gasteiger partial charge is 0.147 e. The third kappa shape index (κ3) is 2.19. The van der Waals surface area contributed by atoms with Crippen molar-refractivity contribution in [1.82, 2.24) is 24.6 Å². The first kappa shape index (κ1) is 11.2. The van der Waals surface area contributed by atoms with Crippen molar-refractivity contribution in [3.8, 4) is 0 Å². The molecule has 6 heteroatoms. The fourth-order valence-corrected chi connectivity index (χ4v) is 2.18. The van der Waals surface area contributed by atoms with Crippen LogP contribution in [0, 0.1) is 0 Å². The van der Waals surface area contributed by atoms with Crippen molar-refractivity contribution in [2.24, 2.45) is 0 Å². The van der Waals surface area contributed by atoms with Crippen LogP contribution in [0.2, 0.25) is 0 Å². The summed E-state index contributed by atoms with van der Waals surface area (Å²) in [5.41, 5.74) is 1.22. The second-order valence-electron chi connectivity index (χ2n) is 4.45. The van der Waals surface area contributed by atoms with E-state index in [1.807, 2.05) is 19.3 Å². The van der Waals surface area contributed by atoms with E-state index in [2.05, 4.69) is 36.0 Å². The molecule has 94 valence electrons. The van der Waals surface area contributed by atoms with Gasteiger partial charge in [0.25, 0.3) is 0 Å². The van der Waals surface area contributed by atoms with Crippen LogP contribution in [0.3, 0.4) is 0 Å². The van der Waals surface area contributed by atoms with E-state index in [0.29, 0.717) is 0 Å². The molecule has 0 unspecified atom stereocenters. The van der Waals surface area contributed by atoms with E-state index < -0.39 is 0 Å². The topological polar surface area (TPSA) is 58.9 Å². The molecule has 18 heavy (non-hydrogen) atoms. The molecule has 0 radical (unpaired) electrons. The minimum atomic E-state index is 0.855. The third-order valence-corrected chi connectivity index (χ3v) is 3.20. The first-order valence-electron chi connectivity index (χ1n) is 6.07. The molecule has 3 heterocycles. The summed E-state index contributed by atoms with van der Waals surface area (Å²) in [7, 11) is 1.87. The highest BCUT2D eigenvalue weighted by atomic mass is 15.3. The van der Waals surface area contributed by atoms with Gasteiger partial charge in [-0.2, -0.15) is 0 Å². The Morgan fingerprint density at radius 1 is 1.33 bits per heavy atom. The van der Waals surface area contributed by atoms with E-state index in [0.717, 1.165) is 37.8 Å². The number of nitrogens with one attached hydrogen (secondary N) is 1. The van der Waals surface area contributed by atoms with Gasteiger partial charge in [-0.15, -0.1) is 10.2 Å². The standard InChI is InChI=1S/C12H16N6/c1-13-11-3-2-10(6-14-11)7-17-4-5-18-9-15-16-12(18)8-17/h2-3,6,9H,4-5,7-8H2,1H3,(H,13,14). The van der Waals surface area contributed by atoms with Gasteiger partial charge in [-0.05, 0) is 11.6 Å². The monoisotopic (exact) mass is 244 g/mol. The molecule has 0 amide bonds. The Bertz CT molecular complexity index is 518. The molecule has 0 fully saturated rings. The van der Waals surface area contributed by atoms with E-state index in [1.165, 1.54) is 5.56 Å². The van der Waals surface area contributed by atoms with Crippen molar-refractivity contribution in [2.75, 3.05) is 18.9 Å². The first-order valence-corrected chi connectivity index (χ1v) is 6.07. The highest BCUT2D eigenvalue weighted by Gasteiger charge is 2.17. The van der Waals surface area contributed by atoms with Crippen molar-refractivity contribution in [1.29, 1.82) is 0 Å². The molecule has 2 aromatic heterocycles. The number of aromatic nitrogens is 4. The second-order valence-corrected chi connectivity index (χ2v) is 4.45. The Labute approximate surface area is 106 Å². The van der Waals surface area contributed by atoms with Crippen molar-refractivity contribution in [3.05, 3.63) is 36.0 Å². The van der Waals surface area contributed by atoms with Gasteiger partial charge in [-0.25, -0.2) is 4.98 Å². The number of rotatable bonds is 3. The molecule has 2 aromatic rings. The van der Waals surface area contributed by atoms with Crippen molar-refractivity contribution < 1.29 is 0 Å². The second kappa shape index (κ2) is 4.73. The van der Waals surface area contributed by atoms with Crippen LogP contribution in [0.25, 0.3) is 0 Å². The molecular formula is C12H16N6. The number of hydrogen-bond donors (Lipinski definition) is 1. The molecule has 3 rings (SSSR count). The van der Waals surface area contributed by atoms with Gasteiger partial charge in [0.2, 0.25) is 0 Å². The third-order valence-electron chi connectivity index (χ3n) is 3.20. The van der Waals surface area contributed by atoms with E-state index in [1.54, 1.807) is 6.33 Å². The SMILES string of the molecule is CNc1ccc(CN2CCn3cnnc3C2)cn1. The molecule has 0 bridgehead atoms. The van der Waals surface area contributed by atoms with Gasteiger partial charge in [0.05, 0.1) is 6.54 Å². The number of anilines is 1. The lowest BCUT2D eigenvalue weighted by atomic mass is 10.2. The highest BCUT2D eigenvalue weighted by Crippen LogP contribution is 2.13. The minimum Gasteiger partial charge on any atom is -0.373 e. The van der Waals surface area contributed by atoms with Crippen LogP contribution in [0.1, 0.15) is 11.4 Å². The summed E-state index contributed by atoms with van der Waals surface area (Å²) in [6.45, 7) is 3.75. The van der Waals surface area contributed by atoms with Crippen LogP contribution in [-0.4, -0.2) is 38.2 Å². The lowest BCUT2D eigenvalue weighted by molar-refractivity contribution is 0.208. The van der Waals surface area contributed by atoms with E-state index in [9.17, 15) is 0 Å².